The van der Waals surface area contributed by atoms with Gasteiger partial charge >= 0.3 is 0 Å². The van der Waals surface area contributed by atoms with E-state index in [1.165, 1.54) is 12.0 Å². The summed E-state index contributed by atoms with van der Waals surface area (Å²) in [6, 6.07) is 8.39. The largest absolute Gasteiger partial charge is 0.385 e. The van der Waals surface area contributed by atoms with Gasteiger partial charge in [-0.05, 0) is 42.7 Å². The van der Waals surface area contributed by atoms with E-state index in [1.807, 2.05) is 0 Å². The van der Waals surface area contributed by atoms with Gasteiger partial charge in [0.15, 0.2) is 0 Å². The summed E-state index contributed by atoms with van der Waals surface area (Å²) in [6.45, 7) is 4.36. The molecule has 20 heavy (non-hydrogen) atoms. The lowest BCUT2D eigenvalue weighted by molar-refractivity contribution is 0.00652. The van der Waals surface area contributed by atoms with Crippen LogP contribution in [-0.4, -0.2) is 19.8 Å². The molecule has 2 saturated heterocycles. The summed E-state index contributed by atoms with van der Waals surface area (Å²) in [6.07, 6.45) is 4.52. The van der Waals surface area contributed by atoms with E-state index < -0.39 is 16.4 Å². The first kappa shape index (κ1) is 14.3. The Bertz CT molecular complexity index is 490. The fourth-order valence-electron chi connectivity index (χ4n) is 3.70. The average Bonchev–Trinajstić information content (AvgIpc) is 2.41. The summed E-state index contributed by atoms with van der Waals surface area (Å²) in [5.41, 5.74) is 1.55. The van der Waals surface area contributed by atoms with E-state index in [0.29, 0.717) is 18.8 Å². The third-order valence-corrected chi connectivity index (χ3v) is 7.07. The molecular weight excluding hydrogens is 268 g/mol. The second kappa shape index (κ2) is 5.27. The predicted molar refractivity (Wildman–Crippen MR) is 83.2 cm³/mol. The molecule has 2 fully saturated rings. The molecule has 110 valence electrons. The third kappa shape index (κ3) is 2.46. The molecule has 2 aliphatic heterocycles. The molecule has 0 saturated carbocycles. The van der Waals surface area contributed by atoms with Gasteiger partial charge in [0.1, 0.15) is 0 Å². The van der Waals surface area contributed by atoms with Crippen molar-refractivity contribution in [1.82, 2.24) is 0 Å². The lowest BCUT2D eigenvalue weighted by Crippen LogP contribution is -2.47. The van der Waals surface area contributed by atoms with Crippen LogP contribution in [0.1, 0.15) is 63.0 Å². The van der Waals surface area contributed by atoms with E-state index in [-0.39, 0.29) is 10.5 Å². The number of rotatable bonds is 2. The monoisotopic (exact) mass is 292 g/mol. The molecule has 1 aromatic rings. The summed E-state index contributed by atoms with van der Waals surface area (Å²) >= 11 is 0. The molecule has 2 atom stereocenters. The maximum atomic E-state index is 12.3. The van der Waals surface area contributed by atoms with Gasteiger partial charge in [0.05, 0.1) is 5.60 Å². The highest BCUT2D eigenvalue weighted by Gasteiger charge is 2.46. The molecular formula is C17H24O2S. The second-order valence-electron chi connectivity index (χ2n) is 6.72. The molecule has 1 N–H and O–H groups in total. The molecule has 2 unspecified atom stereocenters. The van der Waals surface area contributed by atoms with E-state index in [4.69, 9.17) is 0 Å². The normalized spacial score (nSPS) is 37.1. The average molecular weight is 292 g/mol. The van der Waals surface area contributed by atoms with Crippen molar-refractivity contribution in [2.24, 2.45) is 0 Å². The fraction of sp³-hybridized carbons (Fsp3) is 0.647. The topological polar surface area (TPSA) is 37.3 Å². The molecule has 3 heteroatoms. The van der Waals surface area contributed by atoms with Gasteiger partial charge in [0.25, 0.3) is 0 Å². The van der Waals surface area contributed by atoms with E-state index in [9.17, 15) is 9.32 Å². The van der Waals surface area contributed by atoms with Crippen molar-refractivity contribution in [1.29, 1.82) is 0 Å². The molecule has 0 aliphatic carbocycles. The van der Waals surface area contributed by atoms with Crippen molar-refractivity contribution in [3.8, 4) is 0 Å². The highest BCUT2D eigenvalue weighted by Crippen LogP contribution is 2.44. The minimum Gasteiger partial charge on any atom is -0.385 e. The van der Waals surface area contributed by atoms with Gasteiger partial charge in [-0.25, -0.2) is 0 Å². The zero-order valence-electron chi connectivity index (χ0n) is 12.3. The molecule has 2 heterocycles. The first-order valence-corrected chi connectivity index (χ1v) is 8.99. The molecule has 1 aromatic carbocycles. The molecule has 3 rings (SSSR count). The molecule has 0 spiro atoms. The Morgan fingerprint density at radius 3 is 2.20 bits per heavy atom. The van der Waals surface area contributed by atoms with Crippen LogP contribution in [0.2, 0.25) is 0 Å². The van der Waals surface area contributed by atoms with Crippen molar-refractivity contribution < 1.29 is 9.32 Å². The second-order valence-corrected chi connectivity index (χ2v) is 8.71. The molecule has 0 amide bonds. The van der Waals surface area contributed by atoms with Crippen LogP contribution in [0.25, 0.3) is 0 Å². The Morgan fingerprint density at radius 1 is 1.15 bits per heavy atom. The maximum absolute atomic E-state index is 12.3. The third-order valence-electron chi connectivity index (χ3n) is 4.95. The van der Waals surface area contributed by atoms with Gasteiger partial charge in [-0.2, -0.15) is 0 Å². The quantitative estimate of drug-likeness (QED) is 0.906. The van der Waals surface area contributed by atoms with Crippen molar-refractivity contribution in [3.05, 3.63) is 35.4 Å². The van der Waals surface area contributed by atoms with Crippen LogP contribution in [0.3, 0.4) is 0 Å². The van der Waals surface area contributed by atoms with Crippen molar-refractivity contribution in [2.45, 2.75) is 68.0 Å². The summed E-state index contributed by atoms with van der Waals surface area (Å²) in [7, 11) is -0.728. The maximum Gasteiger partial charge on any atom is 0.0919 e. The lowest BCUT2D eigenvalue weighted by atomic mass is 9.80. The van der Waals surface area contributed by atoms with E-state index >= 15 is 0 Å². The summed E-state index contributed by atoms with van der Waals surface area (Å²) in [5.74, 6) is 0.511. The molecule has 0 aromatic heterocycles. The first-order chi connectivity index (χ1) is 9.49. The standard InChI is InChI=1S/C17H24O2S/c1-12(2)13-6-8-14(9-7-13)17(18)10-15-4-3-5-16(11-17)20(15)19/h6-9,12,15-16,18H,3-5,10-11H2,1-2H3. The molecule has 0 radical (unpaired) electrons. The fourth-order valence-corrected chi connectivity index (χ4v) is 5.92. The van der Waals surface area contributed by atoms with E-state index in [0.717, 1.165) is 18.4 Å². The van der Waals surface area contributed by atoms with Crippen LogP contribution in [0.5, 0.6) is 0 Å². The zero-order valence-corrected chi connectivity index (χ0v) is 13.2. The molecule has 2 aliphatic rings. The Kier molecular flexibility index (Phi) is 3.76. The predicted octanol–water partition coefficient (Wildman–Crippen LogP) is 3.46. The van der Waals surface area contributed by atoms with Gasteiger partial charge in [0.2, 0.25) is 0 Å². The van der Waals surface area contributed by atoms with Crippen LogP contribution in [0, 0.1) is 0 Å². The SMILES string of the molecule is CC(C)c1ccc(C2(O)CC3CCCC(C2)S3=O)cc1. The van der Waals surface area contributed by atoms with Gasteiger partial charge in [-0.1, -0.05) is 44.5 Å². The number of hydrogen-bond donors (Lipinski definition) is 1. The number of benzene rings is 1. The molecule has 2 bridgehead atoms. The summed E-state index contributed by atoms with van der Waals surface area (Å²) < 4.78 is 12.3. The number of fused-ring (bicyclic) bond motifs is 2. The molecule has 2 nitrogen and oxygen atoms in total. The van der Waals surface area contributed by atoms with Crippen molar-refractivity contribution in [3.63, 3.8) is 0 Å². The lowest BCUT2D eigenvalue weighted by Gasteiger charge is -2.43. The minimum atomic E-state index is -0.765. The number of aliphatic hydroxyl groups is 1. The Labute approximate surface area is 124 Å². The minimum absolute atomic E-state index is 0.192. The first-order valence-electron chi connectivity index (χ1n) is 7.72. The smallest absolute Gasteiger partial charge is 0.0919 e. The van der Waals surface area contributed by atoms with Crippen LogP contribution in [0.4, 0.5) is 0 Å². The zero-order chi connectivity index (χ0) is 14.3. The van der Waals surface area contributed by atoms with Crippen LogP contribution in [-0.2, 0) is 16.4 Å². The van der Waals surface area contributed by atoms with E-state index in [2.05, 4.69) is 38.1 Å². The Morgan fingerprint density at radius 2 is 1.70 bits per heavy atom. The van der Waals surface area contributed by atoms with E-state index in [1.54, 1.807) is 0 Å². The van der Waals surface area contributed by atoms with Gasteiger partial charge in [0, 0.05) is 21.3 Å². The van der Waals surface area contributed by atoms with Gasteiger partial charge in [-0.15, -0.1) is 0 Å². The highest BCUT2D eigenvalue weighted by atomic mass is 32.2. The van der Waals surface area contributed by atoms with Gasteiger partial charge < -0.3 is 5.11 Å². The Balaban J connectivity index is 1.87. The van der Waals surface area contributed by atoms with Crippen LogP contribution >= 0.6 is 0 Å². The number of hydrogen-bond acceptors (Lipinski definition) is 2. The Hall–Kier alpha value is -0.670. The van der Waals surface area contributed by atoms with Crippen molar-refractivity contribution >= 4 is 10.8 Å². The van der Waals surface area contributed by atoms with Crippen LogP contribution < -0.4 is 0 Å². The van der Waals surface area contributed by atoms with Crippen molar-refractivity contribution in [2.75, 3.05) is 0 Å². The summed E-state index contributed by atoms with van der Waals surface area (Å²) in [5, 5.41) is 11.4. The van der Waals surface area contributed by atoms with Crippen LogP contribution in [0.15, 0.2) is 24.3 Å². The highest BCUT2D eigenvalue weighted by molar-refractivity contribution is 7.86. The van der Waals surface area contributed by atoms with Gasteiger partial charge in [-0.3, -0.25) is 4.21 Å². The summed E-state index contributed by atoms with van der Waals surface area (Å²) in [4.78, 5) is 0.